The highest BCUT2D eigenvalue weighted by Crippen LogP contribution is 2.32. The topological polar surface area (TPSA) is 74.9 Å². The number of alkyl halides is 3. The van der Waals surface area contributed by atoms with Gasteiger partial charge in [0.1, 0.15) is 5.56 Å². The number of aromatic nitrogens is 1. The van der Waals surface area contributed by atoms with Gasteiger partial charge in [0, 0.05) is 24.0 Å². The number of hydrogen-bond donors (Lipinski definition) is 1. The molecule has 0 aliphatic carbocycles. The Bertz CT molecular complexity index is 1360. The number of hydrogen-bond acceptors (Lipinski definition) is 3. The number of halogens is 3. The Kier molecular flexibility index (Phi) is 7.70. The molecule has 3 aromatic rings. The molecule has 0 saturated heterocycles. The van der Waals surface area contributed by atoms with Gasteiger partial charge in [-0.1, -0.05) is 24.3 Å². The van der Waals surface area contributed by atoms with Crippen molar-refractivity contribution < 1.29 is 22.4 Å². The molecule has 0 bridgehead atoms. The Hall–Kier alpha value is -3.90. The van der Waals surface area contributed by atoms with Crippen molar-refractivity contribution in [1.29, 1.82) is 5.26 Å². The molecule has 0 fully saturated rings. The second kappa shape index (κ2) is 10.4. The number of nitriles is 1. The van der Waals surface area contributed by atoms with Gasteiger partial charge >= 0.3 is 6.18 Å². The number of nitrogens with one attached hydrogen (secondary N) is 1. The van der Waals surface area contributed by atoms with Gasteiger partial charge < -0.3 is 14.4 Å². The van der Waals surface area contributed by atoms with Gasteiger partial charge in [0.25, 0.3) is 5.91 Å². The van der Waals surface area contributed by atoms with Gasteiger partial charge in [-0.25, -0.2) is 0 Å². The third-order valence-corrected chi connectivity index (χ3v) is 5.78. The SMILES string of the molecule is Cc1c(-c2cccc(C(F)(F)F)c2)c(=O)c(C(=O)NCC[N+](C)(C)C)cn1Cc1ccc(C#N)cc1. The van der Waals surface area contributed by atoms with E-state index in [-0.39, 0.29) is 23.2 Å². The molecular formula is C27H28F3N4O2+. The van der Waals surface area contributed by atoms with Crippen molar-refractivity contribution in [1.82, 2.24) is 9.88 Å². The Balaban J connectivity index is 2.12. The Labute approximate surface area is 207 Å². The molecule has 1 N–H and O–H groups in total. The summed E-state index contributed by atoms with van der Waals surface area (Å²) in [5.41, 5.74) is 0.163. The van der Waals surface area contributed by atoms with Crippen LogP contribution in [0.4, 0.5) is 13.2 Å². The predicted molar refractivity (Wildman–Crippen MR) is 131 cm³/mol. The second-order valence-corrected chi connectivity index (χ2v) is 9.62. The van der Waals surface area contributed by atoms with E-state index in [2.05, 4.69) is 5.32 Å². The molecule has 36 heavy (non-hydrogen) atoms. The molecule has 188 valence electrons. The van der Waals surface area contributed by atoms with E-state index in [1.807, 2.05) is 27.2 Å². The Morgan fingerprint density at radius 2 is 1.78 bits per heavy atom. The molecule has 0 saturated carbocycles. The Morgan fingerprint density at radius 3 is 2.36 bits per heavy atom. The number of carbonyl (C=O) groups is 1. The van der Waals surface area contributed by atoms with Gasteiger partial charge in [-0.15, -0.1) is 0 Å². The van der Waals surface area contributed by atoms with Crippen LogP contribution in [0.1, 0.15) is 32.7 Å². The number of pyridine rings is 1. The maximum absolute atomic E-state index is 13.4. The van der Waals surface area contributed by atoms with Crippen LogP contribution in [0.5, 0.6) is 0 Å². The van der Waals surface area contributed by atoms with E-state index in [0.717, 1.165) is 17.7 Å². The van der Waals surface area contributed by atoms with Gasteiger partial charge in [0.2, 0.25) is 5.43 Å². The summed E-state index contributed by atoms with van der Waals surface area (Å²) in [5, 5.41) is 11.8. The zero-order chi connectivity index (χ0) is 26.7. The highest BCUT2D eigenvalue weighted by molar-refractivity contribution is 5.95. The van der Waals surface area contributed by atoms with Crippen LogP contribution in [-0.2, 0) is 12.7 Å². The summed E-state index contributed by atoms with van der Waals surface area (Å²) in [6, 6.07) is 13.4. The van der Waals surface area contributed by atoms with Crippen molar-refractivity contribution in [2.24, 2.45) is 0 Å². The van der Waals surface area contributed by atoms with E-state index < -0.39 is 23.1 Å². The average molecular weight is 498 g/mol. The van der Waals surface area contributed by atoms with Crippen LogP contribution >= 0.6 is 0 Å². The lowest BCUT2D eigenvalue weighted by molar-refractivity contribution is -0.869. The molecule has 0 radical (unpaired) electrons. The molecule has 1 amide bonds. The monoisotopic (exact) mass is 497 g/mol. The van der Waals surface area contributed by atoms with E-state index in [0.29, 0.717) is 28.8 Å². The number of benzene rings is 2. The number of nitrogens with zero attached hydrogens (tertiary/aromatic N) is 3. The first kappa shape index (κ1) is 26.7. The van der Waals surface area contributed by atoms with Crippen LogP contribution < -0.4 is 10.7 Å². The molecule has 2 aromatic carbocycles. The van der Waals surface area contributed by atoms with Crippen molar-refractivity contribution in [3.63, 3.8) is 0 Å². The standard InChI is InChI=1S/C27H27F3N4O2/c1-18-24(21-6-5-7-22(14-21)27(28,29)30)25(35)23(26(36)32-12-13-34(2,3)4)17-33(18)16-20-10-8-19(15-31)9-11-20/h5-11,14,17H,12-13,16H2,1-4H3/p+1. The van der Waals surface area contributed by atoms with Crippen LogP contribution in [0, 0.1) is 18.3 Å². The maximum atomic E-state index is 13.4. The maximum Gasteiger partial charge on any atom is 0.416 e. The summed E-state index contributed by atoms with van der Waals surface area (Å²) in [6.45, 7) is 2.84. The first-order valence-electron chi connectivity index (χ1n) is 11.3. The van der Waals surface area contributed by atoms with Gasteiger partial charge in [-0.2, -0.15) is 18.4 Å². The molecule has 1 aromatic heterocycles. The minimum atomic E-state index is -4.58. The number of amides is 1. The number of likely N-dealkylation sites (N-methyl/N-ethyl adjacent to an activating group) is 1. The number of quaternary nitrogens is 1. The van der Waals surface area contributed by atoms with Crippen molar-refractivity contribution >= 4 is 5.91 Å². The number of carbonyl (C=O) groups excluding carboxylic acids is 1. The lowest BCUT2D eigenvalue weighted by atomic mass is 9.98. The van der Waals surface area contributed by atoms with Crippen molar-refractivity contribution in [3.8, 4) is 17.2 Å². The highest BCUT2D eigenvalue weighted by Gasteiger charge is 2.31. The van der Waals surface area contributed by atoms with Gasteiger partial charge in [0.15, 0.2) is 0 Å². The molecule has 3 rings (SSSR count). The third kappa shape index (κ3) is 6.40. The van der Waals surface area contributed by atoms with Crippen molar-refractivity contribution in [2.75, 3.05) is 34.2 Å². The fourth-order valence-electron chi connectivity index (χ4n) is 3.75. The molecule has 0 spiro atoms. The molecule has 0 aliphatic rings. The lowest BCUT2D eigenvalue weighted by Gasteiger charge is -2.24. The average Bonchev–Trinajstić information content (AvgIpc) is 2.80. The largest absolute Gasteiger partial charge is 0.416 e. The minimum Gasteiger partial charge on any atom is -0.346 e. The highest BCUT2D eigenvalue weighted by atomic mass is 19.4. The first-order chi connectivity index (χ1) is 16.8. The second-order valence-electron chi connectivity index (χ2n) is 9.62. The van der Waals surface area contributed by atoms with Gasteiger partial charge in [-0.3, -0.25) is 9.59 Å². The van der Waals surface area contributed by atoms with E-state index in [4.69, 9.17) is 5.26 Å². The molecular weight excluding hydrogens is 469 g/mol. The smallest absolute Gasteiger partial charge is 0.346 e. The molecule has 0 aliphatic heterocycles. The summed E-state index contributed by atoms with van der Waals surface area (Å²) in [7, 11) is 5.90. The van der Waals surface area contributed by atoms with E-state index >= 15 is 0 Å². The zero-order valence-corrected chi connectivity index (χ0v) is 20.6. The summed E-state index contributed by atoms with van der Waals surface area (Å²) >= 11 is 0. The van der Waals surface area contributed by atoms with Gasteiger partial charge in [-0.05, 0) is 42.3 Å². The minimum absolute atomic E-state index is 0.0361. The van der Waals surface area contributed by atoms with Crippen LogP contribution in [0.2, 0.25) is 0 Å². The van der Waals surface area contributed by atoms with Crippen molar-refractivity contribution in [3.05, 3.63) is 92.9 Å². The first-order valence-corrected chi connectivity index (χ1v) is 11.3. The van der Waals surface area contributed by atoms with Crippen LogP contribution in [-0.4, -0.2) is 49.2 Å². The predicted octanol–water partition coefficient (Wildman–Crippen LogP) is 4.20. The molecule has 0 atom stereocenters. The quantitative estimate of drug-likeness (QED) is 0.498. The van der Waals surface area contributed by atoms with Crippen LogP contribution in [0.3, 0.4) is 0 Å². The summed E-state index contributed by atoms with van der Waals surface area (Å²) in [5.74, 6) is -0.588. The summed E-state index contributed by atoms with van der Waals surface area (Å²) in [6.07, 6.45) is -3.14. The fraction of sp³-hybridized carbons (Fsp3) is 0.296. The van der Waals surface area contributed by atoms with E-state index in [1.54, 1.807) is 35.8 Å². The number of rotatable bonds is 7. The zero-order valence-electron chi connectivity index (χ0n) is 20.6. The Morgan fingerprint density at radius 1 is 1.11 bits per heavy atom. The van der Waals surface area contributed by atoms with Crippen LogP contribution in [0.15, 0.2) is 59.5 Å². The third-order valence-electron chi connectivity index (χ3n) is 5.78. The van der Waals surface area contributed by atoms with E-state index in [9.17, 15) is 22.8 Å². The molecule has 1 heterocycles. The lowest BCUT2D eigenvalue weighted by Crippen LogP contribution is -2.42. The summed E-state index contributed by atoms with van der Waals surface area (Å²) < 4.78 is 42.4. The summed E-state index contributed by atoms with van der Waals surface area (Å²) in [4.78, 5) is 26.5. The molecule has 9 heteroatoms. The fourth-order valence-corrected chi connectivity index (χ4v) is 3.75. The van der Waals surface area contributed by atoms with Gasteiger partial charge in [0.05, 0.1) is 51.4 Å². The van der Waals surface area contributed by atoms with Crippen LogP contribution in [0.25, 0.3) is 11.1 Å². The molecule has 6 nitrogen and oxygen atoms in total. The normalized spacial score (nSPS) is 11.7. The van der Waals surface area contributed by atoms with E-state index in [1.165, 1.54) is 18.3 Å². The van der Waals surface area contributed by atoms with Crippen molar-refractivity contribution in [2.45, 2.75) is 19.6 Å². The molecule has 0 unspecified atom stereocenters.